The van der Waals surface area contributed by atoms with Crippen LogP contribution in [0, 0.1) is 12.8 Å². The van der Waals surface area contributed by atoms with Crippen molar-refractivity contribution in [2.45, 2.75) is 33.7 Å². The molecule has 4 nitrogen and oxygen atoms in total. The summed E-state index contributed by atoms with van der Waals surface area (Å²) in [7, 11) is 0. The minimum absolute atomic E-state index is 0.00175. The molecule has 1 amide bonds. The van der Waals surface area contributed by atoms with Crippen LogP contribution in [-0.2, 0) is 0 Å². The number of carbonyl (C=O) groups is 1. The van der Waals surface area contributed by atoms with E-state index in [9.17, 15) is 4.79 Å². The van der Waals surface area contributed by atoms with Crippen molar-refractivity contribution < 1.29 is 4.79 Å². The summed E-state index contributed by atoms with van der Waals surface area (Å²) in [6, 6.07) is 8.18. The Hall–Kier alpha value is -2.23. The van der Waals surface area contributed by atoms with Crippen LogP contribution in [0.2, 0.25) is 0 Å². The van der Waals surface area contributed by atoms with E-state index in [1.807, 2.05) is 17.0 Å². The summed E-state index contributed by atoms with van der Waals surface area (Å²) in [6.45, 7) is 9.05. The SMILES string of the molecule is Cc1ccccc1[C@@H](C)N(CC(C)C)C(=O)c1cnccn1. The predicted octanol–water partition coefficient (Wildman–Crippen LogP) is 3.64. The number of hydrogen-bond acceptors (Lipinski definition) is 3. The van der Waals surface area contributed by atoms with Crippen molar-refractivity contribution in [3.05, 3.63) is 59.7 Å². The zero-order valence-corrected chi connectivity index (χ0v) is 13.7. The highest BCUT2D eigenvalue weighted by Crippen LogP contribution is 2.25. The largest absolute Gasteiger partial charge is 0.330 e. The van der Waals surface area contributed by atoms with Crippen molar-refractivity contribution in [2.75, 3.05) is 6.54 Å². The lowest BCUT2D eigenvalue weighted by Crippen LogP contribution is -2.37. The van der Waals surface area contributed by atoms with Gasteiger partial charge in [0.25, 0.3) is 5.91 Å². The Morgan fingerprint density at radius 2 is 1.91 bits per heavy atom. The van der Waals surface area contributed by atoms with Crippen LogP contribution in [0.5, 0.6) is 0 Å². The molecule has 4 heteroatoms. The van der Waals surface area contributed by atoms with Crippen molar-refractivity contribution in [2.24, 2.45) is 5.92 Å². The highest BCUT2D eigenvalue weighted by atomic mass is 16.2. The molecule has 0 N–H and O–H groups in total. The maximum atomic E-state index is 12.8. The minimum Gasteiger partial charge on any atom is -0.330 e. The zero-order valence-electron chi connectivity index (χ0n) is 13.7. The lowest BCUT2D eigenvalue weighted by molar-refractivity contribution is 0.0658. The lowest BCUT2D eigenvalue weighted by Gasteiger charge is -2.31. The van der Waals surface area contributed by atoms with Crippen LogP contribution in [-0.4, -0.2) is 27.3 Å². The lowest BCUT2D eigenvalue weighted by atomic mass is 10.00. The molecule has 0 bridgehead atoms. The highest BCUT2D eigenvalue weighted by molar-refractivity contribution is 5.92. The average molecular weight is 297 g/mol. The summed E-state index contributed by atoms with van der Waals surface area (Å²) < 4.78 is 0. The van der Waals surface area contributed by atoms with E-state index in [-0.39, 0.29) is 11.9 Å². The maximum absolute atomic E-state index is 12.8. The van der Waals surface area contributed by atoms with Crippen LogP contribution in [0.4, 0.5) is 0 Å². The second-order valence-electron chi connectivity index (χ2n) is 5.97. The first kappa shape index (κ1) is 16.1. The molecular weight excluding hydrogens is 274 g/mol. The number of hydrogen-bond donors (Lipinski definition) is 0. The minimum atomic E-state index is -0.0717. The molecule has 0 fully saturated rings. The third-order valence-electron chi connectivity index (χ3n) is 3.71. The molecule has 0 unspecified atom stereocenters. The number of benzene rings is 1. The standard InChI is InChI=1S/C18H23N3O/c1-13(2)12-21(18(22)17-11-19-9-10-20-17)15(4)16-8-6-5-7-14(16)3/h5-11,13,15H,12H2,1-4H3/t15-/m1/s1. The Morgan fingerprint density at radius 1 is 1.18 bits per heavy atom. The number of nitrogens with zero attached hydrogens (tertiary/aromatic N) is 3. The van der Waals surface area contributed by atoms with Crippen molar-refractivity contribution >= 4 is 5.91 Å². The van der Waals surface area contributed by atoms with Gasteiger partial charge in [-0.15, -0.1) is 0 Å². The fourth-order valence-electron chi connectivity index (χ4n) is 2.59. The van der Waals surface area contributed by atoms with E-state index in [4.69, 9.17) is 0 Å². The first-order chi connectivity index (χ1) is 10.5. The van der Waals surface area contributed by atoms with E-state index in [2.05, 4.69) is 49.8 Å². The molecule has 1 aromatic carbocycles. The summed E-state index contributed by atoms with van der Waals surface area (Å²) in [5, 5.41) is 0. The van der Waals surface area contributed by atoms with E-state index in [0.717, 1.165) is 0 Å². The number of aromatic nitrogens is 2. The van der Waals surface area contributed by atoms with Gasteiger partial charge in [-0.3, -0.25) is 9.78 Å². The van der Waals surface area contributed by atoms with Gasteiger partial charge in [-0.2, -0.15) is 0 Å². The summed E-state index contributed by atoms with van der Waals surface area (Å²) in [6.07, 6.45) is 4.66. The third kappa shape index (κ3) is 3.70. The van der Waals surface area contributed by atoms with Gasteiger partial charge < -0.3 is 4.90 Å². The van der Waals surface area contributed by atoms with Crippen molar-refractivity contribution in [3.8, 4) is 0 Å². The topological polar surface area (TPSA) is 46.1 Å². The third-order valence-corrected chi connectivity index (χ3v) is 3.71. The quantitative estimate of drug-likeness (QED) is 0.846. The molecule has 0 saturated carbocycles. The smallest absolute Gasteiger partial charge is 0.274 e. The molecule has 2 rings (SSSR count). The van der Waals surface area contributed by atoms with E-state index in [0.29, 0.717) is 18.2 Å². The molecule has 0 radical (unpaired) electrons. The van der Waals surface area contributed by atoms with Gasteiger partial charge in [0.05, 0.1) is 12.2 Å². The molecular formula is C18H23N3O. The molecule has 0 saturated heterocycles. The highest BCUT2D eigenvalue weighted by Gasteiger charge is 2.25. The Kier molecular flexibility index (Phi) is 5.26. The first-order valence-corrected chi connectivity index (χ1v) is 7.63. The Bertz CT molecular complexity index is 625. The van der Waals surface area contributed by atoms with Crippen molar-refractivity contribution in [1.29, 1.82) is 0 Å². The average Bonchev–Trinajstić information content (AvgIpc) is 2.52. The molecule has 22 heavy (non-hydrogen) atoms. The fourth-order valence-corrected chi connectivity index (χ4v) is 2.59. The van der Waals surface area contributed by atoms with Crippen LogP contribution in [0.25, 0.3) is 0 Å². The van der Waals surface area contributed by atoms with E-state index in [1.54, 1.807) is 12.4 Å². The van der Waals surface area contributed by atoms with Crippen molar-refractivity contribution in [3.63, 3.8) is 0 Å². The number of amides is 1. The Labute approximate surface area is 132 Å². The van der Waals surface area contributed by atoms with Gasteiger partial charge in [0.15, 0.2) is 0 Å². The van der Waals surface area contributed by atoms with Crippen molar-refractivity contribution in [1.82, 2.24) is 14.9 Å². The van der Waals surface area contributed by atoms with E-state index >= 15 is 0 Å². The first-order valence-electron chi connectivity index (χ1n) is 7.63. The number of rotatable bonds is 5. The fraction of sp³-hybridized carbons (Fsp3) is 0.389. The van der Waals surface area contributed by atoms with Crippen LogP contribution < -0.4 is 0 Å². The molecule has 1 aromatic heterocycles. The molecule has 0 aliphatic heterocycles. The van der Waals surface area contributed by atoms with Gasteiger partial charge in [-0.05, 0) is 30.9 Å². The summed E-state index contributed by atoms with van der Waals surface area (Å²) in [4.78, 5) is 22.9. The maximum Gasteiger partial charge on any atom is 0.274 e. The van der Waals surface area contributed by atoms with Gasteiger partial charge in [0.1, 0.15) is 5.69 Å². The predicted molar refractivity (Wildman–Crippen MR) is 87.5 cm³/mol. The second-order valence-corrected chi connectivity index (χ2v) is 5.97. The zero-order chi connectivity index (χ0) is 16.1. The van der Waals surface area contributed by atoms with E-state index in [1.165, 1.54) is 17.3 Å². The van der Waals surface area contributed by atoms with Crippen LogP contribution >= 0.6 is 0 Å². The van der Waals surface area contributed by atoms with Gasteiger partial charge in [0.2, 0.25) is 0 Å². The molecule has 1 atom stereocenters. The number of aryl methyl sites for hydroxylation is 1. The summed E-state index contributed by atoms with van der Waals surface area (Å²) in [5.74, 6) is 0.310. The molecule has 116 valence electrons. The second kappa shape index (κ2) is 7.16. The summed E-state index contributed by atoms with van der Waals surface area (Å²) >= 11 is 0. The van der Waals surface area contributed by atoms with Gasteiger partial charge >= 0.3 is 0 Å². The Morgan fingerprint density at radius 3 is 2.50 bits per heavy atom. The van der Waals surface area contributed by atoms with E-state index < -0.39 is 0 Å². The molecule has 2 aromatic rings. The molecule has 0 aliphatic carbocycles. The van der Waals surface area contributed by atoms with Gasteiger partial charge in [-0.1, -0.05) is 38.1 Å². The Balaban J connectivity index is 2.34. The van der Waals surface area contributed by atoms with Crippen LogP contribution in [0.1, 0.15) is 48.4 Å². The van der Waals surface area contributed by atoms with Crippen LogP contribution in [0.15, 0.2) is 42.9 Å². The van der Waals surface area contributed by atoms with Gasteiger partial charge in [-0.25, -0.2) is 4.98 Å². The van der Waals surface area contributed by atoms with Gasteiger partial charge in [0, 0.05) is 18.9 Å². The number of carbonyl (C=O) groups excluding carboxylic acids is 1. The molecule has 0 aliphatic rings. The summed E-state index contributed by atoms with van der Waals surface area (Å²) in [5.41, 5.74) is 2.75. The molecule has 1 heterocycles. The normalized spacial score (nSPS) is 12.2. The molecule has 0 spiro atoms. The monoisotopic (exact) mass is 297 g/mol. The van der Waals surface area contributed by atoms with Crippen LogP contribution in [0.3, 0.4) is 0 Å².